The van der Waals surface area contributed by atoms with Crippen molar-refractivity contribution in [3.63, 3.8) is 0 Å². The van der Waals surface area contributed by atoms with E-state index in [9.17, 15) is 0 Å². The zero-order chi connectivity index (χ0) is 14.7. The molecule has 0 bridgehead atoms. The lowest BCUT2D eigenvalue weighted by molar-refractivity contribution is 0.257. The van der Waals surface area contributed by atoms with Crippen LogP contribution in [0.15, 0.2) is 28.8 Å². The third-order valence-electron chi connectivity index (χ3n) is 4.41. The summed E-state index contributed by atoms with van der Waals surface area (Å²) in [5, 5.41) is 7.58. The second-order valence-corrected chi connectivity index (χ2v) is 6.17. The zero-order valence-corrected chi connectivity index (χ0v) is 14.0. The summed E-state index contributed by atoms with van der Waals surface area (Å²) < 4.78 is 5.43. The number of rotatable bonds is 4. The summed E-state index contributed by atoms with van der Waals surface area (Å²) in [7, 11) is 0. The van der Waals surface area contributed by atoms with Gasteiger partial charge in [0.2, 0.25) is 11.7 Å². The number of halogens is 1. The summed E-state index contributed by atoms with van der Waals surface area (Å²) in [5.74, 6) is 2.74. The summed E-state index contributed by atoms with van der Waals surface area (Å²) in [6.45, 7) is 6.63. The number of benzene rings is 1. The fourth-order valence-electron chi connectivity index (χ4n) is 2.96. The van der Waals surface area contributed by atoms with E-state index in [1.165, 1.54) is 18.4 Å². The molecule has 22 heavy (non-hydrogen) atoms. The Bertz CT molecular complexity index is 576. The van der Waals surface area contributed by atoms with Crippen LogP contribution < -0.4 is 5.32 Å². The van der Waals surface area contributed by atoms with Crippen molar-refractivity contribution in [2.75, 3.05) is 13.1 Å². The number of aromatic nitrogens is 2. The summed E-state index contributed by atoms with van der Waals surface area (Å²) in [5.41, 5.74) is 2.25. The molecule has 1 saturated heterocycles. The molecule has 1 N–H and O–H groups in total. The molecule has 2 heterocycles. The van der Waals surface area contributed by atoms with Crippen molar-refractivity contribution in [1.29, 1.82) is 0 Å². The third kappa shape index (κ3) is 4.08. The standard InChI is InChI=1S/C17H23N3O.ClH/c1-12-5-7-14(8-6-12)17-19-16(21-20-17)10-13(2)15-4-3-9-18-11-15;/h5-8,13,15,18H,3-4,9-11H2,1-2H3;1H. The van der Waals surface area contributed by atoms with Gasteiger partial charge in [-0.05, 0) is 44.7 Å². The van der Waals surface area contributed by atoms with Gasteiger partial charge in [0.1, 0.15) is 0 Å². The van der Waals surface area contributed by atoms with Crippen LogP contribution >= 0.6 is 12.4 Å². The molecule has 2 atom stereocenters. The molecule has 1 aliphatic rings. The first-order chi connectivity index (χ1) is 10.2. The Morgan fingerprint density at radius 1 is 1.32 bits per heavy atom. The van der Waals surface area contributed by atoms with E-state index in [0.717, 1.165) is 31.0 Å². The third-order valence-corrected chi connectivity index (χ3v) is 4.41. The highest BCUT2D eigenvalue weighted by atomic mass is 35.5. The molecule has 0 saturated carbocycles. The predicted molar refractivity (Wildman–Crippen MR) is 90.2 cm³/mol. The molecule has 120 valence electrons. The molecule has 4 nitrogen and oxygen atoms in total. The van der Waals surface area contributed by atoms with Gasteiger partial charge in [-0.1, -0.05) is 41.9 Å². The summed E-state index contributed by atoms with van der Waals surface area (Å²) in [4.78, 5) is 4.55. The predicted octanol–water partition coefficient (Wildman–Crippen LogP) is 3.65. The minimum Gasteiger partial charge on any atom is -0.339 e. The van der Waals surface area contributed by atoms with Gasteiger partial charge in [0, 0.05) is 12.0 Å². The van der Waals surface area contributed by atoms with Gasteiger partial charge < -0.3 is 9.84 Å². The molecule has 3 rings (SSSR count). The zero-order valence-electron chi connectivity index (χ0n) is 13.2. The van der Waals surface area contributed by atoms with E-state index in [1.54, 1.807) is 0 Å². The molecule has 0 spiro atoms. The Morgan fingerprint density at radius 2 is 2.09 bits per heavy atom. The van der Waals surface area contributed by atoms with E-state index in [4.69, 9.17) is 4.52 Å². The molecule has 0 aliphatic carbocycles. The summed E-state index contributed by atoms with van der Waals surface area (Å²) >= 11 is 0. The van der Waals surface area contributed by atoms with Crippen LogP contribution in [0, 0.1) is 18.8 Å². The lowest BCUT2D eigenvalue weighted by Gasteiger charge is -2.27. The Hall–Kier alpha value is -1.39. The van der Waals surface area contributed by atoms with Crippen molar-refractivity contribution in [3.8, 4) is 11.4 Å². The first kappa shape index (κ1) is 17.0. The molecular formula is C17H24ClN3O. The molecular weight excluding hydrogens is 298 g/mol. The van der Waals surface area contributed by atoms with Crippen molar-refractivity contribution in [3.05, 3.63) is 35.7 Å². The number of nitrogens with zero attached hydrogens (tertiary/aromatic N) is 2. The fourth-order valence-corrected chi connectivity index (χ4v) is 2.96. The molecule has 2 unspecified atom stereocenters. The van der Waals surface area contributed by atoms with E-state index >= 15 is 0 Å². The van der Waals surface area contributed by atoms with Gasteiger partial charge in [-0.3, -0.25) is 0 Å². The van der Waals surface area contributed by atoms with Gasteiger partial charge in [0.15, 0.2) is 0 Å². The second-order valence-electron chi connectivity index (χ2n) is 6.17. The smallest absolute Gasteiger partial charge is 0.227 e. The van der Waals surface area contributed by atoms with Crippen LogP contribution in [0.3, 0.4) is 0 Å². The molecule has 5 heteroatoms. The van der Waals surface area contributed by atoms with Crippen LogP contribution in [0.4, 0.5) is 0 Å². The van der Waals surface area contributed by atoms with Crippen molar-refractivity contribution >= 4 is 12.4 Å². The molecule has 1 fully saturated rings. The Morgan fingerprint density at radius 3 is 2.77 bits per heavy atom. The van der Waals surface area contributed by atoms with Gasteiger partial charge in [-0.15, -0.1) is 12.4 Å². The maximum absolute atomic E-state index is 5.43. The normalized spacial score (nSPS) is 19.5. The maximum atomic E-state index is 5.43. The van der Waals surface area contributed by atoms with E-state index in [-0.39, 0.29) is 12.4 Å². The highest BCUT2D eigenvalue weighted by Crippen LogP contribution is 2.24. The SMILES string of the molecule is Cc1ccc(-c2noc(CC(C)C3CCCNC3)n2)cc1.Cl. The van der Waals surface area contributed by atoms with Crippen LogP contribution in [0.25, 0.3) is 11.4 Å². The second kappa shape index (κ2) is 7.75. The molecule has 1 aliphatic heterocycles. The van der Waals surface area contributed by atoms with Crippen LogP contribution in [-0.4, -0.2) is 23.2 Å². The molecule has 1 aromatic carbocycles. The van der Waals surface area contributed by atoms with Gasteiger partial charge in [-0.25, -0.2) is 0 Å². The lowest BCUT2D eigenvalue weighted by Crippen LogP contribution is -2.33. The first-order valence-electron chi connectivity index (χ1n) is 7.82. The first-order valence-corrected chi connectivity index (χ1v) is 7.82. The van der Waals surface area contributed by atoms with Gasteiger partial charge in [0.05, 0.1) is 0 Å². The average Bonchev–Trinajstić information content (AvgIpc) is 2.97. The van der Waals surface area contributed by atoms with E-state index in [1.807, 2.05) is 12.1 Å². The van der Waals surface area contributed by atoms with Gasteiger partial charge >= 0.3 is 0 Å². The highest BCUT2D eigenvalue weighted by Gasteiger charge is 2.22. The largest absolute Gasteiger partial charge is 0.339 e. The monoisotopic (exact) mass is 321 g/mol. The molecule has 1 aromatic heterocycles. The molecule has 0 radical (unpaired) electrons. The van der Waals surface area contributed by atoms with Crippen LogP contribution in [-0.2, 0) is 6.42 Å². The van der Waals surface area contributed by atoms with Crippen molar-refractivity contribution in [1.82, 2.24) is 15.5 Å². The van der Waals surface area contributed by atoms with Crippen molar-refractivity contribution in [2.45, 2.75) is 33.1 Å². The number of nitrogens with one attached hydrogen (secondary N) is 1. The van der Waals surface area contributed by atoms with E-state index < -0.39 is 0 Å². The van der Waals surface area contributed by atoms with Gasteiger partial charge in [-0.2, -0.15) is 4.98 Å². The quantitative estimate of drug-likeness (QED) is 0.934. The Labute approximate surface area is 138 Å². The van der Waals surface area contributed by atoms with Crippen molar-refractivity contribution < 1.29 is 4.52 Å². The average molecular weight is 322 g/mol. The maximum Gasteiger partial charge on any atom is 0.227 e. The highest BCUT2D eigenvalue weighted by molar-refractivity contribution is 5.85. The van der Waals surface area contributed by atoms with Crippen LogP contribution in [0.2, 0.25) is 0 Å². The fraction of sp³-hybridized carbons (Fsp3) is 0.529. The summed E-state index contributed by atoms with van der Waals surface area (Å²) in [6.07, 6.45) is 3.44. The van der Waals surface area contributed by atoms with Crippen LogP contribution in [0.1, 0.15) is 31.2 Å². The Kier molecular flexibility index (Phi) is 5.98. The number of hydrogen-bond donors (Lipinski definition) is 1. The lowest BCUT2D eigenvalue weighted by atomic mass is 9.85. The topological polar surface area (TPSA) is 51.0 Å². The minimum atomic E-state index is 0. The van der Waals surface area contributed by atoms with Gasteiger partial charge in [0.25, 0.3) is 0 Å². The number of piperidine rings is 1. The van der Waals surface area contributed by atoms with Crippen molar-refractivity contribution in [2.24, 2.45) is 11.8 Å². The molecule has 2 aromatic rings. The van der Waals surface area contributed by atoms with E-state index in [2.05, 4.69) is 41.4 Å². The summed E-state index contributed by atoms with van der Waals surface area (Å²) in [6, 6.07) is 8.22. The minimum absolute atomic E-state index is 0. The Balaban J connectivity index is 0.00000176. The molecule has 0 amide bonds. The van der Waals surface area contributed by atoms with E-state index in [0.29, 0.717) is 17.7 Å². The van der Waals surface area contributed by atoms with Crippen LogP contribution in [0.5, 0.6) is 0 Å². The number of aryl methyl sites for hydroxylation is 1. The number of hydrogen-bond acceptors (Lipinski definition) is 4.